The highest BCUT2D eigenvalue weighted by molar-refractivity contribution is 5.77. The van der Waals surface area contributed by atoms with Crippen molar-refractivity contribution in [3.05, 3.63) is 35.4 Å². The largest absolute Gasteiger partial charge is 0.383 e. The molecule has 1 atom stereocenters. The summed E-state index contributed by atoms with van der Waals surface area (Å²) in [6, 6.07) is 7.13. The zero-order chi connectivity index (χ0) is 10.7. The highest BCUT2D eigenvalue weighted by Crippen LogP contribution is 2.31. The van der Waals surface area contributed by atoms with Crippen LogP contribution in [0.3, 0.4) is 0 Å². The van der Waals surface area contributed by atoms with E-state index in [0.717, 1.165) is 12.7 Å². The van der Waals surface area contributed by atoms with Crippen LogP contribution in [0.25, 0.3) is 0 Å². The van der Waals surface area contributed by atoms with Crippen LogP contribution in [-0.2, 0) is 10.3 Å². The second kappa shape index (κ2) is 4.13. The highest BCUT2D eigenvalue weighted by Gasteiger charge is 2.33. The maximum atomic E-state index is 10.9. The quantitative estimate of drug-likeness (QED) is 0.746. The third-order valence-corrected chi connectivity index (χ3v) is 2.81. The van der Waals surface area contributed by atoms with E-state index in [1.807, 2.05) is 6.07 Å². The number of aldehydes is 1. The van der Waals surface area contributed by atoms with E-state index in [2.05, 4.69) is 0 Å². The summed E-state index contributed by atoms with van der Waals surface area (Å²) in [5.41, 5.74) is 0.237. The first-order valence-electron chi connectivity index (χ1n) is 5.11. The van der Waals surface area contributed by atoms with Gasteiger partial charge in [0.25, 0.3) is 0 Å². The lowest BCUT2D eigenvalue weighted by molar-refractivity contribution is -0.0904. The molecule has 1 fully saturated rings. The minimum atomic E-state index is -0.990. The lowest BCUT2D eigenvalue weighted by Gasteiger charge is -2.33. The number of benzene rings is 1. The Morgan fingerprint density at radius 2 is 2.20 bits per heavy atom. The number of aliphatic hydroxyl groups is 1. The average molecular weight is 206 g/mol. The van der Waals surface area contributed by atoms with Crippen molar-refractivity contribution >= 4 is 6.29 Å². The van der Waals surface area contributed by atoms with Crippen molar-refractivity contribution in [3.63, 3.8) is 0 Å². The van der Waals surface area contributed by atoms with Gasteiger partial charge < -0.3 is 9.84 Å². The Hall–Kier alpha value is -1.19. The highest BCUT2D eigenvalue weighted by atomic mass is 16.5. The van der Waals surface area contributed by atoms with Crippen LogP contribution in [0.2, 0.25) is 0 Å². The second-order valence-electron chi connectivity index (χ2n) is 3.89. The van der Waals surface area contributed by atoms with Gasteiger partial charge >= 0.3 is 0 Å². The molecular formula is C12H14O3. The van der Waals surface area contributed by atoms with Gasteiger partial charge in [0.1, 0.15) is 11.9 Å². The zero-order valence-electron chi connectivity index (χ0n) is 8.48. The third-order valence-electron chi connectivity index (χ3n) is 2.81. The molecular weight excluding hydrogens is 192 g/mol. The van der Waals surface area contributed by atoms with Crippen molar-refractivity contribution in [2.75, 3.05) is 13.2 Å². The van der Waals surface area contributed by atoms with Crippen LogP contribution in [0.5, 0.6) is 0 Å². The number of rotatable bonds is 2. The van der Waals surface area contributed by atoms with Gasteiger partial charge in [0.05, 0.1) is 6.61 Å². The van der Waals surface area contributed by atoms with Crippen molar-refractivity contribution in [1.82, 2.24) is 0 Å². The number of ether oxygens (including phenoxy) is 1. The van der Waals surface area contributed by atoms with Crippen LogP contribution in [0.4, 0.5) is 0 Å². The Kier molecular flexibility index (Phi) is 2.84. The van der Waals surface area contributed by atoms with Crippen molar-refractivity contribution in [2.45, 2.75) is 18.4 Å². The summed E-state index contributed by atoms with van der Waals surface area (Å²) in [4.78, 5) is 10.9. The molecule has 0 radical (unpaired) electrons. The third kappa shape index (κ3) is 1.94. The fraction of sp³-hybridized carbons (Fsp3) is 0.417. The van der Waals surface area contributed by atoms with Crippen LogP contribution in [0, 0.1) is 0 Å². The SMILES string of the molecule is O=Cc1ccccc1C1(O)CCCOC1. The molecule has 0 spiro atoms. The van der Waals surface area contributed by atoms with Crippen LogP contribution >= 0.6 is 0 Å². The van der Waals surface area contributed by atoms with Crippen molar-refractivity contribution < 1.29 is 14.6 Å². The minimum absolute atomic E-state index is 0.276. The monoisotopic (exact) mass is 206 g/mol. The molecule has 1 aromatic carbocycles. The second-order valence-corrected chi connectivity index (χ2v) is 3.89. The minimum Gasteiger partial charge on any atom is -0.383 e. The Morgan fingerprint density at radius 3 is 2.87 bits per heavy atom. The summed E-state index contributed by atoms with van der Waals surface area (Å²) in [5, 5.41) is 10.4. The molecule has 0 saturated carbocycles. The van der Waals surface area contributed by atoms with E-state index in [-0.39, 0.29) is 6.61 Å². The van der Waals surface area contributed by atoms with E-state index in [4.69, 9.17) is 4.74 Å². The molecule has 1 aromatic rings. The molecule has 1 N–H and O–H groups in total. The summed E-state index contributed by atoms with van der Waals surface area (Å²) in [6.07, 6.45) is 2.25. The fourth-order valence-electron chi connectivity index (χ4n) is 2.02. The molecule has 80 valence electrons. The molecule has 0 amide bonds. The Balaban J connectivity index is 2.38. The van der Waals surface area contributed by atoms with Gasteiger partial charge in [0.15, 0.2) is 0 Å². The van der Waals surface area contributed by atoms with Crippen molar-refractivity contribution in [1.29, 1.82) is 0 Å². The Bertz CT molecular complexity index is 354. The first kappa shape index (κ1) is 10.3. The molecule has 1 saturated heterocycles. The van der Waals surface area contributed by atoms with Gasteiger partial charge in [-0.3, -0.25) is 4.79 Å². The lowest BCUT2D eigenvalue weighted by atomic mass is 9.86. The van der Waals surface area contributed by atoms with Gasteiger partial charge in [-0.05, 0) is 18.4 Å². The molecule has 0 bridgehead atoms. The summed E-state index contributed by atoms with van der Waals surface area (Å²) in [7, 11) is 0. The zero-order valence-corrected chi connectivity index (χ0v) is 8.48. The first-order valence-corrected chi connectivity index (χ1v) is 5.11. The smallest absolute Gasteiger partial charge is 0.150 e. The van der Waals surface area contributed by atoms with Gasteiger partial charge in [0, 0.05) is 12.2 Å². The molecule has 0 aromatic heterocycles. The van der Waals surface area contributed by atoms with Crippen LogP contribution < -0.4 is 0 Å². The van der Waals surface area contributed by atoms with E-state index >= 15 is 0 Å². The predicted octanol–water partition coefficient (Wildman–Crippen LogP) is 1.50. The summed E-state index contributed by atoms with van der Waals surface area (Å²) in [6.45, 7) is 0.962. The van der Waals surface area contributed by atoms with Gasteiger partial charge in [-0.2, -0.15) is 0 Å². The number of carbonyl (C=O) groups is 1. The molecule has 1 aliphatic heterocycles. The van der Waals surface area contributed by atoms with Crippen LogP contribution in [-0.4, -0.2) is 24.6 Å². The lowest BCUT2D eigenvalue weighted by Crippen LogP contribution is -2.36. The average Bonchev–Trinajstić information content (AvgIpc) is 2.30. The predicted molar refractivity (Wildman–Crippen MR) is 55.8 cm³/mol. The molecule has 15 heavy (non-hydrogen) atoms. The molecule has 3 heteroatoms. The van der Waals surface area contributed by atoms with Gasteiger partial charge in [-0.1, -0.05) is 24.3 Å². The first-order chi connectivity index (χ1) is 7.26. The van der Waals surface area contributed by atoms with E-state index in [0.29, 0.717) is 24.2 Å². The normalized spacial score (nSPS) is 26.2. The van der Waals surface area contributed by atoms with Crippen LogP contribution in [0.15, 0.2) is 24.3 Å². The number of carbonyl (C=O) groups excluding carboxylic acids is 1. The molecule has 2 rings (SSSR count). The molecule has 0 aliphatic carbocycles. The van der Waals surface area contributed by atoms with E-state index in [1.165, 1.54) is 0 Å². The maximum absolute atomic E-state index is 10.9. The Morgan fingerprint density at radius 1 is 1.40 bits per heavy atom. The molecule has 1 heterocycles. The fourth-order valence-corrected chi connectivity index (χ4v) is 2.02. The van der Waals surface area contributed by atoms with Gasteiger partial charge in [-0.15, -0.1) is 0 Å². The van der Waals surface area contributed by atoms with Gasteiger partial charge in [-0.25, -0.2) is 0 Å². The molecule has 1 unspecified atom stereocenters. The topological polar surface area (TPSA) is 46.5 Å². The number of hydrogen-bond acceptors (Lipinski definition) is 3. The summed E-state index contributed by atoms with van der Waals surface area (Å²) >= 11 is 0. The van der Waals surface area contributed by atoms with E-state index < -0.39 is 5.60 Å². The molecule has 3 nitrogen and oxygen atoms in total. The summed E-state index contributed by atoms with van der Waals surface area (Å²) in [5.74, 6) is 0. The molecule has 1 aliphatic rings. The van der Waals surface area contributed by atoms with E-state index in [1.54, 1.807) is 18.2 Å². The van der Waals surface area contributed by atoms with Gasteiger partial charge in [0.2, 0.25) is 0 Å². The van der Waals surface area contributed by atoms with Crippen LogP contribution in [0.1, 0.15) is 28.8 Å². The standard InChI is InChI=1S/C12H14O3/c13-8-10-4-1-2-5-11(10)12(14)6-3-7-15-9-12/h1-2,4-5,8,14H,3,6-7,9H2. The Labute approximate surface area is 88.7 Å². The van der Waals surface area contributed by atoms with Crippen molar-refractivity contribution in [3.8, 4) is 0 Å². The van der Waals surface area contributed by atoms with Crippen molar-refractivity contribution in [2.24, 2.45) is 0 Å². The summed E-state index contributed by atoms with van der Waals surface area (Å²) < 4.78 is 5.27. The van der Waals surface area contributed by atoms with E-state index in [9.17, 15) is 9.90 Å². The maximum Gasteiger partial charge on any atom is 0.150 e. The number of hydrogen-bond donors (Lipinski definition) is 1.